The van der Waals surface area contributed by atoms with Crippen LogP contribution in [0.5, 0.6) is 0 Å². The Kier molecular flexibility index (Phi) is 8.33. The third kappa shape index (κ3) is 7.78. The Hall–Kier alpha value is -2.49. The Morgan fingerprint density at radius 1 is 1.03 bits per heavy atom. The standard InChI is InChI=1S/C24H35F3N4O3/c1-23(2,3)34-22(33)28-18-9-13-30(14-10-18)16-21(32)29-19-15-17(24(25,26)27)7-8-20(19)31-11-5-4-6-12-31/h7-8,15,18H,4-6,9-14,16H2,1-3H3,(H,28,33)(H,29,32). The van der Waals surface area contributed by atoms with E-state index >= 15 is 0 Å². The van der Waals surface area contributed by atoms with Crippen molar-refractivity contribution in [3.8, 4) is 0 Å². The number of ether oxygens (including phenoxy) is 1. The molecule has 2 N–H and O–H groups in total. The van der Waals surface area contributed by atoms with Crippen molar-refractivity contribution in [1.29, 1.82) is 0 Å². The molecule has 0 saturated carbocycles. The van der Waals surface area contributed by atoms with Gasteiger partial charge in [0.25, 0.3) is 0 Å². The summed E-state index contributed by atoms with van der Waals surface area (Å²) in [5.41, 5.74) is -0.526. The van der Waals surface area contributed by atoms with E-state index in [1.807, 2.05) is 9.80 Å². The summed E-state index contributed by atoms with van der Waals surface area (Å²) in [4.78, 5) is 28.7. The number of anilines is 2. The summed E-state index contributed by atoms with van der Waals surface area (Å²) in [5, 5.41) is 5.58. The minimum absolute atomic E-state index is 0.0386. The number of benzene rings is 1. The SMILES string of the molecule is CC(C)(C)OC(=O)NC1CCN(CC(=O)Nc2cc(C(F)(F)F)ccc2N2CCCCC2)CC1. The van der Waals surface area contributed by atoms with E-state index in [2.05, 4.69) is 10.6 Å². The predicted octanol–water partition coefficient (Wildman–Crippen LogP) is 4.62. The average molecular weight is 485 g/mol. The van der Waals surface area contributed by atoms with Gasteiger partial charge in [0.15, 0.2) is 0 Å². The van der Waals surface area contributed by atoms with Crippen LogP contribution in [-0.4, -0.2) is 61.3 Å². The van der Waals surface area contributed by atoms with Crippen LogP contribution in [0.15, 0.2) is 18.2 Å². The van der Waals surface area contributed by atoms with Gasteiger partial charge in [0, 0.05) is 32.2 Å². The molecule has 2 aliphatic rings. The van der Waals surface area contributed by atoms with Gasteiger partial charge in [-0.15, -0.1) is 0 Å². The second kappa shape index (κ2) is 10.8. The molecule has 1 aromatic rings. The first-order valence-corrected chi connectivity index (χ1v) is 11.9. The number of halogens is 3. The topological polar surface area (TPSA) is 73.9 Å². The Morgan fingerprint density at radius 3 is 2.26 bits per heavy atom. The number of nitrogens with one attached hydrogen (secondary N) is 2. The van der Waals surface area contributed by atoms with Gasteiger partial charge in [0.05, 0.1) is 23.5 Å². The number of hydrogen-bond acceptors (Lipinski definition) is 5. The summed E-state index contributed by atoms with van der Waals surface area (Å²) in [6.45, 7) is 8.18. The van der Waals surface area contributed by atoms with E-state index in [1.54, 1.807) is 20.8 Å². The molecule has 34 heavy (non-hydrogen) atoms. The summed E-state index contributed by atoms with van der Waals surface area (Å²) in [5.74, 6) is -0.351. The third-order valence-electron chi connectivity index (χ3n) is 5.97. The molecule has 0 unspecified atom stereocenters. The Morgan fingerprint density at radius 2 is 1.68 bits per heavy atom. The first-order valence-electron chi connectivity index (χ1n) is 11.9. The highest BCUT2D eigenvalue weighted by Gasteiger charge is 2.32. The zero-order valence-corrected chi connectivity index (χ0v) is 20.1. The molecule has 0 spiro atoms. The minimum atomic E-state index is -4.48. The number of likely N-dealkylation sites (tertiary alicyclic amines) is 1. The van der Waals surface area contributed by atoms with Crippen LogP contribution in [0.2, 0.25) is 0 Å². The minimum Gasteiger partial charge on any atom is -0.444 e. The molecule has 2 amide bonds. The lowest BCUT2D eigenvalue weighted by atomic mass is 10.1. The predicted molar refractivity (Wildman–Crippen MR) is 125 cm³/mol. The van der Waals surface area contributed by atoms with E-state index in [-0.39, 0.29) is 24.2 Å². The number of amides is 2. The van der Waals surface area contributed by atoms with Crippen LogP contribution in [-0.2, 0) is 15.7 Å². The zero-order chi connectivity index (χ0) is 24.9. The van der Waals surface area contributed by atoms with E-state index < -0.39 is 23.4 Å². The zero-order valence-electron chi connectivity index (χ0n) is 20.1. The van der Waals surface area contributed by atoms with Crippen LogP contribution in [0.4, 0.5) is 29.3 Å². The molecule has 0 aromatic heterocycles. The lowest BCUT2D eigenvalue weighted by Crippen LogP contribution is -2.47. The van der Waals surface area contributed by atoms with Crippen molar-refractivity contribution >= 4 is 23.4 Å². The van der Waals surface area contributed by atoms with E-state index in [0.29, 0.717) is 31.6 Å². The van der Waals surface area contributed by atoms with Gasteiger partial charge in [0.2, 0.25) is 5.91 Å². The van der Waals surface area contributed by atoms with Gasteiger partial charge >= 0.3 is 12.3 Å². The van der Waals surface area contributed by atoms with Gasteiger partial charge < -0.3 is 20.3 Å². The Balaban J connectivity index is 1.57. The molecule has 3 rings (SSSR count). The maximum atomic E-state index is 13.3. The molecule has 2 saturated heterocycles. The highest BCUT2D eigenvalue weighted by molar-refractivity contribution is 5.95. The molecule has 0 aliphatic carbocycles. The van der Waals surface area contributed by atoms with Crippen LogP contribution in [0.3, 0.4) is 0 Å². The largest absolute Gasteiger partial charge is 0.444 e. The maximum Gasteiger partial charge on any atom is 0.416 e. The number of carbonyl (C=O) groups is 2. The lowest BCUT2D eigenvalue weighted by molar-refractivity contribution is -0.137. The van der Waals surface area contributed by atoms with E-state index in [9.17, 15) is 22.8 Å². The molecule has 1 aromatic carbocycles. The molecule has 2 fully saturated rings. The number of hydrogen-bond donors (Lipinski definition) is 2. The summed E-state index contributed by atoms with van der Waals surface area (Å²) in [7, 11) is 0. The van der Waals surface area contributed by atoms with Crippen molar-refractivity contribution in [1.82, 2.24) is 10.2 Å². The molecule has 0 atom stereocenters. The van der Waals surface area contributed by atoms with Crippen molar-refractivity contribution < 1.29 is 27.5 Å². The Labute approximate surface area is 199 Å². The number of alkyl carbamates (subject to hydrolysis) is 1. The Bertz CT molecular complexity index is 856. The van der Waals surface area contributed by atoms with Crippen LogP contribution in [0, 0.1) is 0 Å². The summed E-state index contributed by atoms with van der Waals surface area (Å²) in [6, 6.07) is 3.52. The van der Waals surface area contributed by atoms with E-state index in [1.165, 1.54) is 6.07 Å². The molecule has 0 bridgehead atoms. The third-order valence-corrected chi connectivity index (χ3v) is 5.97. The molecule has 0 radical (unpaired) electrons. The van der Waals surface area contributed by atoms with Gasteiger partial charge in [-0.05, 0) is 71.1 Å². The smallest absolute Gasteiger partial charge is 0.416 e. The van der Waals surface area contributed by atoms with Crippen molar-refractivity contribution in [2.45, 2.75) is 70.7 Å². The van der Waals surface area contributed by atoms with Crippen molar-refractivity contribution in [2.24, 2.45) is 0 Å². The molecule has 7 nitrogen and oxygen atoms in total. The second-order valence-corrected chi connectivity index (χ2v) is 10.0. The maximum absolute atomic E-state index is 13.3. The van der Waals surface area contributed by atoms with Crippen molar-refractivity contribution in [3.05, 3.63) is 23.8 Å². The summed E-state index contributed by atoms with van der Waals surface area (Å²) < 4.78 is 45.2. The molecular weight excluding hydrogens is 449 g/mol. The van der Waals surface area contributed by atoms with E-state index in [0.717, 1.165) is 44.5 Å². The molecule has 190 valence electrons. The van der Waals surface area contributed by atoms with Gasteiger partial charge in [0.1, 0.15) is 5.60 Å². The van der Waals surface area contributed by atoms with Gasteiger partial charge in [-0.2, -0.15) is 13.2 Å². The van der Waals surface area contributed by atoms with Gasteiger partial charge in [-0.25, -0.2) is 4.79 Å². The first kappa shape index (κ1) is 26.1. The van der Waals surface area contributed by atoms with Crippen LogP contribution in [0.25, 0.3) is 0 Å². The molecule has 2 heterocycles. The highest BCUT2D eigenvalue weighted by atomic mass is 19.4. The van der Waals surface area contributed by atoms with Crippen molar-refractivity contribution in [2.75, 3.05) is 42.9 Å². The molecule has 2 aliphatic heterocycles. The van der Waals surface area contributed by atoms with Crippen LogP contribution >= 0.6 is 0 Å². The second-order valence-electron chi connectivity index (χ2n) is 10.0. The fourth-order valence-electron chi connectivity index (χ4n) is 4.33. The van der Waals surface area contributed by atoms with Gasteiger partial charge in [-0.1, -0.05) is 0 Å². The number of nitrogens with zero attached hydrogens (tertiary/aromatic N) is 2. The monoisotopic (exact) mass is 484 g/mol. The quantitative estimate of drug-likeness (QED) is 0.638. The van der Waals surface area contributed by atoms with Crippen LogP contribution in [0.1, 0.15) is 58.4 Å². The fourth-order valence-corrected chi connectivity index (χ4v) is 4.33. The van der Waals surface area contributed by atoms with Crippen LogP contribution < -0.4 is 15.5 Å². The lowest BCUT2D eigenvalue weighted by Gasteiger charge is -2.33. The molecule has 10 heteroatoms. The average Bonchev–Trinajstić information content (AvgIpc) is 2.73. The number of rotatable bonds is 5. The number of alkyl halides is 3. The normalized spacial score (nSPS) is 18.5. The van der Waals surface area contributed by atoms with E-state index in [4.69, 9.17) is 4.74 Å². The number of piperidine rings is 2. The van der Waals surface area contributed by atoms with Gasteiger partial charge in [-0.3, -0.25) is 9.69 Å². The number of carbonyl (C=O) groups excluding carboxylic acids is 2. The molecular formula is C24H35F3N4O3. The van der Waals surface area contributed by atoms with Crippen molar-refractivity contribution in [3.63, 3.8) is 0 Å². The summed E-state index contributed by atoms with van der Waals surface area (Å²) >= 11 is 0. The fraction of sp³-hybridized carbons (Fsp3) is 0.667. The summed E-state index contributed by atoms with van der Waals surface area (Å²) in [6.07, 6.45) is -0.579. The first-order chi connectivity index (χ1) is 15.9. The highest BCUT2D eigenvalue weighted by Crippen LogP contribution is 2.36.